The fourth-order valence-electron chi connectivity index (χ4n) is 3.62. The summed E-state index contributed by atoms with van der Waals surface area (Å²) >= 11 is 0. The molecule has 120 valence electrons. The summed E-state index contributed by atoms with van der Waals surface area (Å²) in [6, 6.07) is 2.22. The molecule has 2 N–H and O–H groups in total. The van der Waals surface area contributed by atoms with Crippen LogP contribution in [0.15, 0.2) is 18.5 Å². The number of hydrogen-bond donors (Lipinski definition) is 2. The summed E-state index contributed by atoms with van der Waals surface area (Å²) in [7, 11) is 0. The van der Waals surface area contributed by atoms with Gasteiger partial charge in [0, 0.05) is 44.6 Å². The molecule has 1 saturated heterocycles. The highest BCUT2D eigenvalue weighted by atomic mass is 16.4. The lowest BCUT2D eigenvalue weighted by molar-refractivity contribution is -0.142. The maximum absolute atomic E-state index is 12.5. The zero-order chi connectivity index (χ0) is 15.5. The Balaban J connectivity index is 1.73. The largest absolute Gasteiger partial charge is 0.481 e. The highest BCUT2D eigenvalue weighted by Crippen LogP contribution is 2.26. The monoisotopic (exact) mass is 305 g/mol. The number of carbonyl (C=O) groups excluding carboxylic acids is 1. The van der Waals surface area contributed by atoms with E-state index < -0.39 is 11.9 Å². The number of nitrogens with one attached hydrogen (secondary N) is 1. The summed E-state index contributed by atoms with van der Waals surface area (Å²) in [6.45, 7) is 2.22. The van der Waals surface area contributed by atoms with Crippen LogP contribution in [0, 0.1) is 5.92 Å². The third-order valence-corrected chi connectivity index (χ3v) is 4.88. The van der Waals surface area contributed by atoms with Gasteiger partial charge in [-0.05, 0) is 18.9 Å². The number of nitrogens with zero attached hydrogens (tertiary/aromatic N) is 2. The van der Waals surface area contributed by atoms with E-state index in [1.165, 1.54) is 12.8 Å². The van der Waals surface area contributed by atoms with E-state index in [2.05, 4.69) is 9.88 Å². The van der Waals surface area contributed by atoms with Gasteiger partial charge in [-0.3, -0.25) is 14.5 Å². The van der Waals surface area contributed by atoms with Crippen LogP contribution >= 0.6 is 0 Å². The predicted octanol–water partition coefficient (Wildman–Crippen LogP) is 1.42. The van der Waals surface area contributed by atoms with Crippen molar-refractivity contribution in [3.05, 3.63) is 24.0 Å². The Morgan fingerprint density at radius 3 is 2.59 bits per heavy atom. The highest BCUT2D eigenvalue weighted by Gasteiger charge is 2.33. The minimum Gasteiger partial charge on any atom is -0.481 e. The zero-order valence-corrected chi connectivity index (χ0v) is 12.7. The number of amides is 1. The van der Waals surface area contributed by atoms with Crippen LogP contribution in [0.5, 0.6) is 0 Å². The molecule has 3 rings (SSSR count). The summed E-state index contributed by atoms with van der Waals surface area (Å²) in [5.74, 6) is -1.40. The van der Waals surface area contributed by atoms with Gasteiger partial charge in [-0.25, -0.2) is 0 Å². The lowest BCUT2D eigenvalue weighted by atomic mass is 10.1. The van der Waals surface area contributed by atoms with Crippen LogP contribution in [0.3, 0.4) is 0 Å². The van der Waals surface area contributed by atoms with E-state index in [-0.39, 0.29) is 5.91 Å². The Labute approximate surface area is 130 Å². The molecule has 0 radical (unpaired) electrons. The molecule has 2 heterocycles. The fraction of sp³-hybridized carbons (Fsp3) is 0.625. The molecule has 0 unspecified atom stereocenters. The second kappa shape index (κ2) is 6.52. The molecule has 2 fully saturated rings. The summed E-state index contributed by atoms with van der Waals surface area (Å²) < 4.78 is 0. The van der Waals surface area contributed by atoms with E-state index in [1.54, 1.807) is 23.4 Å². The SMILES string of the molecule is O=C(O)[C@H]1CN(C(=O)c2cc[nH]c2)CCN(C2CCCC2)C1. The third-order valence-electron chi connectivity index (χ3n) is 4.88. The van der Waals surface area contributed by atoms with Crippen LogP contribution in [0.4, 0.5) is 0 Å². The Kier molecular flexibility index (Phi) is 4.47. The van der Waals surface area contributed by atoms with Gasteiger partial charge in [0.1, 0.15) is 0 Å². The van der Waals surface area contributed by atoms with E-state index in [0.29, 0.717) is 31.2 Å². The highest BCUT2D eigenvalue weighted by molar-refractivity contribution is 5.94. The first-order valence-electron chi connectivity index (χ1n) is 8.04. The van der Waals surface area contributed by atoms with E-state index in [9.17, 15) is 14.7 Å². The van der Waals surface area contributed by atoms with Crippen molar-refractivity contribution >= 4 is 11.9 Å². The summed E-state index contributed by atoms with van der Waals surface area (Å²) in [5.41, 5.74) is 0.596. The van der Waals surface area contributed by atoms with Gasteiger partial charge in [-0.2, -0.15) is 0 Å². The van der Waals surface area contributed by atoms with Crippen LogP contribution in [-0.4, -0.2) is 64.0 Å². The van der Waals surface area contributed by atoms with Crippen molar-refractivity contribution in [1.29, 1.82) is 0 Å². The Hall–Kier alpha value is -1.82. The van der Waals surface area contributed by atoms with Gasteiger partial charge in [0.05, 0.1) is 11.5 Å². The Morgan fingerprint density at radius 1 is 1.18 bits per heavy atom. The minimum atomic E-state index is -0.809. The van der Waals surface area contributed by atoms with Crippen molar-refractivity contribution in [1.82, 2.24) is 14.8 Å². The average molecular weight is 305 g/mol. The maximum Gasteiger partial charge on any atom is 0.309 e. The molecular weight excluding hydrogens is 282 g/mol. The average Bonchev–Trinajstić information content (AvgIpc) is 3.16. The molecular formula is C16H23N3O3. The topological polar surface area (TPSA) is 76.6 Å². The maximum atomic E-state index is 12.5. The van der Waals surface area contributed by atoms with Crippen LogP contribution in [-0.2, 0) is 4.79 Å². The number of H-pyrrole nitrogens is 1. The molecule has 1 atom stereocenters. The molecule has 22 heavy (non-hydrogen) atoms. The van der Waals surface area contributed by atoms with Gasteiger partial charge in [0.2, 0.25) is 0 Å². The molecule has 2 aliphatic rings. The van der Waals surface area contributed by atoms with Crippen LogP contribution < -0.4 is 0 Å². The smallest absolute Gasteiger partial charge is 0.309 e. The normalized spacial score (nSPS) is 24.4. The minimum absolute atomic E-state index is 0.0826. The predicted molar refractivity (Wildman–Crippen MR) is 81.7 cm³/mol. The number of carboxylic acids is 1. The van der Waals surface area contributed by atoms with Crippen molar-refractivity contribution in [2.45, 2.75) is 31.7 Å². The molecule has 0 aromatic carbocycles. The molecule has 1 amide bonds. The molecule has 1 aliphatic carbocycles. The number of aromatic amines is 1. The number of carbonyl (C=O) groups is 2. The number of aliphatic carboxylic acids is 1. The first kappa shape index (κ1) is 15.1. The zero-order valence-electron chi connectivity index (χ0n) is 12.7. The molecule has 1 saturated carbocycles. The number of hydrogen-bond acceptors (Lipinski definition) is 3. The standard InChI is InChI=1S/C16H23N3O3/c20-15(12-5-6-17-9-12)19-8-7-18(14-3-1-2-4-14)10-13(11-19)16(21)22/h5-6,9,13-14,17H,1-4,7-8,10-11H2,(H,21,22)/t13-/m1/s1. The first-order chi connectivity index (χ1) is 10.6. The van der Waals surface area contributed by atoms with Crippen molar-refractivity contribution < 1.29 is 14.7 Å². The lowest BCUT2D eigenvalue weighted by Gasteiger charge is -2.28. The van der Waals surface area contributed by atoms with Gasteiger partial charge in [0.25, 0.3) is 5.91 Å². The lowest BCUT2D eigenvalue weighted by Crippen LogP contribution is -2.39. The van der Waals surface area contributed by atoms with Crippen molar-refractivity contribution in [3.63, 3.8) is 0 Å². The molecule has 1 aromatic rings. The number of aromatic nitrogens is 1. The fourth-order valence-corrected chi connectivity index (χ4v) is 3.62. The number of carboxylic acid groups (broad SMARTS) is 1. The van der Waals surface area contributed by atoms with Gasteiger partial charge >= 0.3 is 5.97 Å². The van der Waals surface area contributed by atoms with Crippen molar-refractivity contribution in [2.75, 3.05) is 26.2 Å². The molecule has 1 aromatic heterocycles. The second-order valence-corrected chi connectivity index (χ2v) is 6.32. The second-order valence-electron chi connectivity index (χ2n) is 6.32. The third kappa shape index (κ3) is 3.16. The van der Waals surface area contributed by atoms with Gasteiger partial charge < -0.3 is 15.0 Å². The summed E-state index contributed by atoms with van der Waals surface area (Å²) in [6.07, 6.45) is 8.13. The van der Waals surface area contributed by atoms with E-state index in [0.717, 1.165) is 19.4 Å². The first-order valence-corrected chi connectivity index (χ1v) is 8.04. The van der Waals surface area contributed by atoms with Gasteiger partial charge in [0.15, 0.2) is 0 Å². The molecule has 6 nitrogen and oxygen atoms in total. The van der Waals surface area contributed by atoms with Crippen molar-refractivity contribution in [2.24, 2.45) is 5.92 Å². The Bertz CT molecular complexity index is 523. The van der Waals surface area contributed by atoms with Crippen molar-refractivity contribution in [3.8, 4) is 0 Å². The van der Waals surface area contributed by atoms with E-state index in [1.807, 2.05) is 0 Å². The summed E-state index contributed by atoms with van der Waals surface area (Å²) in [4.78, 5) is 30.9. The van der Waals surface area contributed by atoms with Gasteiger partial charge in [-0.15, -0.1) is 0 Å². The van der Waals surface area contributed by atoms with Crippen LogP contribution in [0.1, 0.15) is 36.0 Å². The molecule has 0 bridgehead atoms. The molecule has 0 spiro atoms. The van der Waals surface area contributed by atoms with Crippen LogP contribution in [0.25, 0.3) is 0 Å². The molecule has 6 heteroatoms. The number of rotatable bonds is 3. The van der Waals surface area contributed by atoms with Gasteiger partial charge in [-0.1, -0.05) is 12.8 Å². The Morgan fingerprint density at radius 2 is 1.95 bits per heavy atom. The van der Waals surface area contributed by atoms with E-state index in [4.69, 9.17) is 0 Å². The summed E-state index contributed by atoms with van der Waals surface area (Å²) in [5, 5.41) is 9.48. The quantitative estimate of drug-likeness (QED) is 0.885. The van der Waals surface area contributed by atoms with Crippen LogP contribution in [0.2, 0.25) is 0 Å². The van der Waals surface area contributed by atoms with E-state index >= 15 is 0 Å². The molecule has 1 aliphatic heterocycles.